The first-order chi connectivity index (χ1) is 13.5. The minimum absolute atomic E-state index is 0.0528. The summed E-state index contributed by atoms with van der Waals surface area (Å²) < 4.78 is 5.49. The summed E-state index contributed by atoms with van der Waals surface area (Å²) >= 11 is 0. The summed E-state index contributed by atoms with van der Waals surface area (Å²) in [6.45, 7) is 1.19. The smallest absolute Gasteiger partial charge is 0.290 e. The third-order valence-corrected chi connectivity index (χ3v) is 4.61. The molecule has 1 aliphatic rings. The van der Waals surface area contributed by atoms with Crippen molar-refractivity contribution in [3.05, 3.63) is 77.5 Å². The van der Waals surface area contributed by atoms with Crippen LogP contribution < -0.4 is 0 Å². The van der Waals surface area contributed by atoms with Crippen LogP contribution in [-0.4, -0.2) is 53.8 Å². The van der Waals surface area contributed by atoms with Crippen molar-refractivity contribution in [3.8, 4) is 0 Å². The largest absolute Gasteiger partial charge is 0.503 e. The van der Waals surface area contributed by atoms with Gasteiger partial charge in [0.2, 0.25) is 0 Å². The van der Waals surface area contributed by atoms with Gasteiger partial charge in [0, 0.05) is 6.54 Å². The molecule has 1 aliphatic heterocycles. The summed E-state index contributed by atoms with van der Waals surface area (Å²) in [6, 6.07) is 12.1. The minimum atomic E-state index is -0.724. The highest BCUT2D eigenvalue weighted by Gasteiger charge is 2.43. The quantitative estimate of drug-likeness (QED) is 0.712. The second kappa shape index (κ2) is 8.71. The lowest BCUT2D eigenvalue weighted by molar-refractivity contribution is -0.129. The molecule has 1 unspecified atom stereocenters. The van der Waals surface area contributed by atoms with Crippen molar-refractivity contribution in [1.82, 2.24) is 9.80 Å². The van der Waals surface area contributed by atoms with Gasteiger partial charge in [-0.3, -0.25) is 9.59 Å². The van der Waals surface area contributed by atoms with Gasteiger partial charge in [0.05, 0.1) is 11.8 Å². The number of nitrogens with zero attached hydrogens (tertiary/aromatic N) is 2. The van der Waals surface area contributed by atoms with Crippen molar-refractivity contribution in [2.75, 3.05) is 27.2 Å². The number of amides is 1. The third-order valence-electron chi connectivity index (χ3n) is 4.61. The van der Waals surface area contributed by atoms with Crippen LogP contribution in [0.15, 0.2) is 70.6 Å². The van der Waals surface area contributed by atoms with Gasteiger partial charge < -0.3 is 19.3 Å². The van der Waals surface area contributed by atoms with Crippen LogP contribution in [0.5, 0.6) is 0 Å². The molecule has 0 saturated heterocycles. The van der Waals surface area contributed by atoms with E-state index in [4.69, 9.17) is 4.42 Å². The Morgan fingerprint density at radius 2 is 1.96 bits per heavy atom. The van der Waals surface area contributed by atoms with E-state index < -0.39 is 23.5 Å². The van der Waals surface area contributed by atoms with Gasteiger partial charge in [-0.25, -0.2) is 0 Å². The lowest BCUT2D eigenvalue weighted by Crippen LogP contribution is -2.33. The fourth-order valence-corrected chi connectivity index (χ4v) is 3.26. The van der Waals surface area contributed by atoms with Gasteiger partial charge in [0.1, 0.15) is 11.8 Å². The molecule has 0 aliphatic carbocycles. The van der Waals surface area contributed by atoms with Crippen molar-refractivity contribution in [2.45, 2.75) is 12.5 Å². The Hall–Kier alpha value is -3.12. The number of benzene rings is 1. The van der Waals surface area contributed by atoms with E-state index in [1.54, 1.807) is 18.2 Å². The molecule has 6 nitrogen and oxygen atoms in total. The minimum Gasteiger partial charge on any atom is -0.503 e. The van der Waals surface area contributed by atoms with E-state index in [2.05, 4.69) is 0 Å². The topological polar surface area (TPSA) is 74.0 Å². The first-order valence-electron chi connectivity index (χ1n) is 9.18. The van der Waals surface area contributed by atoms with Crippen LogP contribution in [0, 0.1) is 0 Å². The predicted molar refractivity (Wildman–Crippen MR) is 106 cm³/mol. The maximum absolute atomic E-state index is 12.9. The summed E-state index contributed by atoms with van der Waals surface area (Å²) in [4.78, 5) is 29.1. The zero-order chi connectivity index (χ0) is 20.1. The number of aliphatic hydroxyl groups excluding tert-OH is 1. The Labute approximate surface area is 164 Å². The SMILES string of the molecule is CN(C)CCCN1C(=O)C(O)=C(C(=O)/C=C/c2ccccc2)C1c1ccco1. The molecule has 1 atom stereocenters. The van der Waals surface area contributed by atoms with Gasteiger partial charge in [-0.2, -0.15) is 0 Å². The highest BCUT2D eigenvalue weighted by molar-refractivity contribution is 6.14. The molecule has 0 bridgehead atoms. The molecule has 28 heavy (non-hydrogen) atoms. The third kappa shape index (κ3) is 4.23. The van der Waals surface area contributed by atoms with Crippen molar-refractivity contribution in [1.29, 1.82) is 0 Å². The van der Waals surface area contributed by atoms with Crippen LogP contribution in [0.25, 0.3) is 6.08 Å². The van der Waals surface area contributed by atoms with E-state index in [1.165, 1.54) is 17.2 Å². The number of ketones is 1. The van der Waals surface area contributed by atoms with E-state index in [1.807, 2.05) is 49.3 Å². The number of carbonyl (C=O) groups is 2. The van der Waals surface area contributed by atoms with Crippen molar-refractivity contribution < 1.29 is 19.1 Å². The van der Waals surface area contributed by atoms with E-state index in [-0.39, 0.29) is 5.57 Å². The first kappa shape index (κ1) is 19.6. The van der Waals surface area contributed by atoms with Gasteiger partial charge >= 0.3 is 0 Å². The normalized spacial score (nSPS) is 17.3. The molecule has 0 radical (unpaired) electrons. The first-order valence-corrected chi connectivity index (χ1v) is 9.18. The highest BCUT2D eigenvalue weighted by atomic mass is 16.3. The van der Waals surface area contributed by atoms with E-state index >= 15 is 0 Å². The molecule has 3 rings (SSSR count). The lowest BCUT2D eigenvalue weighted by atomic mass is 10.00. The van der Waals surface area contributed by atoms with Gasteiger partial charge in [0.25, 0.3) is 5.91 Å². The zero-order valence-electron chi connectivity index (χ0n) is 16.0. The average Bonchev–Trinajstić information content (AvgIpc) is 3.29. The fraction of sp³-hybridized carbons (Fsp3) is 0.273. The summed E-state index contributed by atoms with van der Waals surface area (Å²) in [5.74, 6) is -1.00. The maximum Gasteiger partial charge on any atom is 0.290 e. The number of carbonyl (C=O) groups excluding carboxylic acids is 2. The van der Waals surface area contributed by atoms with E-state index in [0.29, 0.717) is 18.7 Å². The van der Waals surface area contributed by atoms with Crippen LogP contribution in [0.2, 0.25) is 0 Å². The molecule has 1 aromatic heterocycles. The second-order valence-corrected chi connectivity index (χ2v) is 6.94. The summed E-state index contributed by atoms with van der Waals surface area (Å²) in [5.41, 5.74) is 0.912. The molecule has 6 heteroatoms. The lowest BCUT2D eigenvalue weighted by Gasteiger charge is -2.25. The van der Waals surface area contributed by atoms with Crippen LogP contribution in [0.4, 0.5) is 0 Å². The van der Waals surface area contributed by atoms with Crippen molar-refractivity contribution in [3.63, 3.8) is 0 Å². The molecule has 0 spiro atoms. The van der Waals surface area contributed by atoms with Gasteiger partial charge in [-0.15, -0.1) is 0 Å². The molecule has 1 aromatic carbocycles. The van der Waals surface area contributed by atoms with Crippen LogP contribution in [0.1, 0.15) is 23.8 Å². The molecular weight excluding hydrogens is 356 g/mol. The summed E-state index contributed by atoms with van der Waals surface area (Å²) in [6.07, 6.45) is 5.26. The van der Waals surface area contributed by atoms with Gasteiger partial charge in [-0.1, -0.05) is 36.4 Å². The molecule has 146 valence electrons. The monoisotopic (exact) mass is 380 g/mol. The highest BCUT2D eigenvalue weighted by Crippen LogP contribution is 2.38. The van der Waals surface area contributed by atoms with Crippen LogP contribution >= 0.6 is 0 Å². The van der Waals surface area contributed by atoms with Gasteiger partial charge in [-0.05, 0) is 50.8 Å². The summed E-state index contributed by atoms with van der Waals surface area (Å²) in [7, 11) is 3.91. The molecule has 2 aromatic rings. The number of hydrogen-bond donors (Lipinski definition) is 1. The molecule has 1 amide bonds. The predicted octanol–water partition coefficient (Wildman–Crippen LogP) is 3.21. The fourth-order valence-electron chi connectivity index (χ4n) is 3.26. The Balaban J connectivity index is 1.87. The molecule has 2 heterocycles. The zero-order valence-corrected chi connectivity index (χ0v) is 16.0. The number of allylic oxidation sites excluding steroid dienone is 1. The number of hydrogen-bond acceptors (Lipinski definition) is 5. The van der Waals surface area contributed by atoms with Crippen molar-refractivity contribution >= 4 is 17.8 Å². The van der Waals surface area contributed by atoms with Crippen LogP contribution in [-0.2, 0) is 9.59 Å². The van der Waals surface area contributed by atoms with Crippen molar-refractivity contribution in [2.24, 2.45) is 0 Å². The second-order valence-electron chi connectivity index (χ2n) is 6.94. The van der Waals surface area contributed by atoms with E-state index in [0.717, 1.165) is 12.1 Å². The number of rotatable bonds is 8. The van der Waals surface area contributed by atoms with Crippen LogP contribution in [0.3, 0.4) is 0 Å². The Morgan fingerprint density at radius 3 is 2.61 bits per heavy atom. The number of furan rings is 1. The molecule has 0 fully saturated rings. The van der Waals surface area contributed by atoms with Gasteiger partial charge in [0.15, 0.2) is 11.5 Å². The standard InChI is InChI=1S/C22H24N2O4/c1-23(2)13-7-14-24-20(18-10-6-15-28-18)19(21(26)22(24)27)17(25)12-11-16-8-4-3-5-9-16/h3-6,8-12,15,20,26H,7,13-14H2,1-2H3/b12-11+. The molecule has 1 N–H and O–H groups in total. The average molecular weight is 380 g/mol. The summed E-state index contributed by atoms with van der Waals surface area (Å²) in [5, 5.41) is 10.5. The molecular formula is C22H24N2O4. The Morgan fingerprint density at radius 1 is 1.21 bits per heavy atom. The molecule has 0 saturated carbocycles. The van der Waals surface area contributed by atoms with E-state index in [9.17, 15) is 14.7 Å². The maximum atomic E-state index is 12.9. The Kier molecular flexibility index (Phi) is 6.11. The Bertz CT molecular complexity index is 883. The number of aliphatic hydroxyl groups is 1.